The third kappa shape index (κ3) is 2.87. The molecule has 1 heterocycles. The second kappa shape index (κ2) is 5.70. The van der Waals surface area contributed by atoms with Crippen molar-refractivity contribution in [3.63, 3.8) is 0 Å². The third-order valence-electron chi connectivity index (χ3n) is 4.31. The second-order valence-corrected chi connectivity index (χ2v) is 5.99. The van der Waals surface area contributed by atoms with E-state index in [0.29, 0.717) is 5.92 Å². The maximum atomic E-state index is 3.60. The highest BCUT2D eigenvalue weighted by molar-refractivity contribution is 5.54. The van der Waals surface area contributed by atoms with Crippen LogP contribution in [0.15, 0.2) is 42.5 Å². The molecule has 0 amide bonds. The van der Waals surface area contributed by atoms with Crippen LogP contribution in [0.2, 0.25) is 0 Å². The predicted molar refractivity (Wildman–Crippen MR) is 86.4 cm³/mol. The lowest BCUT2D eigenvalue weighted by Crippen LogP contribution is -2.25. The van der Waals surface area contributed by atoms with Crippen LogP contribution in [-0.4, -0.2) is 6.54 Å². The van der Waals surface area contributed by atoms with Crippen molar-refractivity contribution in [2.75, 3.05) is 11.9 Å². The molecule has 1 aliphatic rings. The van der Waals surface area contributed by atoms with E-state index in [0.717, 1.165) is 13.0 Å². The molecule has 0 bridgehead atoms. The van der Waals surface area contributed by atoms with Crippen LogP contribution in [0.3, 0.4) is 0 Å². The highest BCUT2D eigenvalue weighted by Gasteiger charge is 2.18. The first-order chi connectivity index (χ1) is 9.74. The molecule has 0 saturated carbocycles. The van der Waals surface area contributed by atoms with Gasteiger partial charge in [0.2, 0.25) is 0 Å². The summed E-state index contributed by atoms with van der Waals surface area (Å²) in [6, 6.07) is 15.8. The number of hydrogen-bond acceptors (Lipinski definition) is 1. The SMILES string of the molecule is CCc1ccc2c(c1)CC(Cc1ccc(C)cc1)CN2. The molecule has 1 aliphatic heterocycles. The van der Waals surface area contributed by atoms with Crippen molar-refractivity contribution in [1.82, 2.24) is 0 Å². The van der Waals surface area contributed by atoms with Crippen LogP contribution in [0.1, 0.15) is 29.2 Å². The number of rotatable bonds is 3. The van der Waals surface area contributed by atoms with Gasteiger partial charge in [0.1, 0.15) is 0 Å². The molecule has 1 nitrogen and oxygen atoms in total. The van der Waals surface area contributed by atoms with E-state index >= 15 is 0 Å². The molecule has 0 spiro atoms. The van der Waals surface area contributed by atoms with Gasteiger partial charge in [0.15, 0.2) is 0 Å². The Balaban J connectivity index is 1.73. The van der Waals surface area contributed by atoms with E-state index < -0.39 is 0 Å². The predicted octanol–water partition coefficient (Wildman–Crippen LogP) is 4.38. The molecule has 0 aliphatic carbocycles. The fourth-order valence-corrected chi connectivity index (χ4v) is 3.05. The molecule has 2 aromatic rings. The van der Waals surface area contributed by atoms with Crippen LogP contribution < -0.4 is 5.32 Å². The molecule has 3 rings (SSSR count). The van der Waals surface area contributed by atoms with Gasteiger partial charge in [-0.1, -0.05) is 48.9 Å². The number of aryl methyl sites for hydroxylation is 2. The number of fused-ring (bicyclic) bond motifs is 1. The lowest BCUT2D eigenvalue weighted by atomic mass is 9.88. The summed E-state index contributed by atoms with van der Waals surface area (Å²) in [6.07, 6.45) is 3.49. The summed E-state index contributed by atoms with van der Waals surface area (Å²) in [5, 5.41) is 3.60. The summed E-state index contributed by atoms with van der Waals surface area (Å²) in [5.41, 5.74) is 7.07. The fraction of sp³-hybridized carbons (Fsp3) is 0.368. The molecule has 0 radical (unpaired) electrons. The van der Waals surface area contributed by atoms with Gasteiger partial charge in [-0.2, -0.15) is 0 Å². The Morgan fingerprint density at radius 2 is 1.80 bits per heavy atom. The maximum Gasteiger partial charge on any atom is 0.0373 e. The Morgan fingerprint density at radius 3 is 2.55 bits per heavy atom. The van der Waals surface area contributed by atoms with Crippen LogP contribution in [-0.2, 0) is 19.3 Å². The van der Waals surface area contributed by atoms with E-state index in [9.17, 15) is 0 Å². The largest absolute Gasteiger partial charge is 0.385 e. The van der Waals surface area contributed by atoms with Gasteiger partial charge in [0, 0.05) is 12.2 Å². The van der Waals surface area contributed by atoms with E-state index in [1.165, 1.54) is 40.8 Å². The number of nitrogens with one attached hydrogen (secondary N) is 1. The van der Waals surface area contributed by atoms with Gasteiger partial charge in [0.25, 0.3) is 0 Å². The summed E-state index contributed by atoms with van der Waals surface area (Å²) < 4.78 is 0. The fourth-order valence-electron chi connectivity index (χ4n) is 3.05. The van der Waals surface area contributed by atoms with Gasteiger partial charge in [-0.15, -0.1) is 0 Å². The molecular weight excluding hydrogens is 242 g/mol. The maximum absolute atomic E-state index is 3.60. The molecule has 2 aromatic carbocycles. The molecule has 0 saturated heterocycles. The van der Waals surface area contributed by atoms with Crippen LogP contribution in [0.5, 0.6) is 0 Å². The van der Waals surface area contributed by atoms with Crippen molar-refractivity contribution in [3.8, 4) is 0 Å². The van der Waals surface area contributed by atoms with Gasteiger partial charge >= 0.3 is 0 Å². The molecule has 20 heavy (non-hydrogen) atoms. The highest BCUT2D eigenvalue weighted by atomic mass is 14.9. The zero-order valence-electron chi connectivity index (χ0n) is 12.4. The van der Waals surface area contributed by atoms with Crippen LogP contribution in [0.4, 0.5) is 5.69 Å². The van der Waals surface area contributed by atoms with Gasteiger partial charge in [-0.25, -0.2) is 0 Å². The van der Waals surface area contributed by atoms with Gasteiger partial charge in [-0.3, -0.25) is 0 Å². The van der Waals surface area contributed by atoms with Crippen molar-refractivity contribution in [1.29, 1.82) is 0 Å². The Bertz CT molecular complexity index is 583. The summed E-state index contributed by atoms with van der Waals surface area (Å²) >= 11 is 0. The lowest BCUT2D eigenvalue weighted by Gasteiger charge is -2.27. The van der Waals surface area contributed by atoms with Crippen molar-refractivity contribution in [3.05, 3.63) is 64.7 Å². The zero-order chi connectivity index (χ0) is 13.9. The first-order valence-electron chi connectivity index (χ1n) is 7.66. The average molecular weight is 265 g/mol. The van der Waals surface area contributed by atoms with Crippen LogP contribution in [0.25, 0.3) is 0 Å². The molecule has 1 unspecified atom stereocenters. The normalized spacial score (nSPS) is 17.4. The van der Waals surface area contributed by atoms with Gasteiger partial charge in [0.05, 0.1) is 0 Å². The van der Waals surface area contributed by atoms with Crippen molar-refractivity contribution in [2.45, 2.75) is 33.1 Å². The molecule has 1 N–H and O–H groups in total. The molecule has 1 heteroatoms. The van der Waals surface area contributed by atoms with E-state index in [1.54, 1.807) is 0 Å². The summed E-state index contributed by atoms with van der Waals surface area (Å²) in [4.78, 5) is 0. The molecular formula is C19H23N. The van der Waals surface area contributed by atoms with E-state index in [4.69, 9.17) is 0 Å². The summed E-state index contributed by atoms with van der Waals surface area (Å²) in [5.74, 6) is 0.706. The first-order valence-corrected chi connectivity index (χ1v) is 7.66. The van der Waals surface area contributed by atoms with E-state index in [2.05, 4.69) is 61.6 Å². The highest BCUT2D eigenvalue weighted by Crippen LogP contribution is 2.27. The minimum Gasteiger partial charge on any atom is -0.385 e. The Hall–Kier alpha value is -1.76. The average Bonchev–Trinajstić information content (AvgIpc) is 2.49. The molecule has 1 atom stereocenters. The van der Waals surface area contributed by atoms with Crippen LogP contribution >= 0.6 is 0 Å². The second-order valence-electron chi connectivity index (χ2n) is 5.99. The van der Waals surface area contributed by atoms with E-state index in [-0.39, 0.29) is 0 Å². The minimum absolute atomic E-state index is 0.706. The first kappa shape index (κ1) is 13.2. The van der Waals surface area contributed by atoms with Crippen molar-refractivity contribution < 1.29 is 0 Å². The zero-order valence-corrected chi connectivity index (χ0v) is 12.4. The summed E-state index contributed by atoms with van der Waals surface area (Å²) in [6.45, 7) is 5.46. The number of anilines is 1. The monoisotopic (exact) mass is 265 g/mol. The van der Waals surface area contributed by atoms with E-state index in [1.807, 2.05) is 0 Å². The number of hydrogen-bond donors (Lipinski definition) is 1. The lowest BCUT2D eigenvalue weighted by molar-refractivity contribution is 0.535. The third-order valence-corrected chi connectivity index (χ3v) is 4.31. The molecule has 0 fully saturated rings. The van der Waals surface area contributed by atoms with Gasteiger partial charge < -0.3 is 5.32 Å². The molecule has 0 aromatic heterocycles. The number of benzene rings is 2. The Labute approximate surface area is 122 Å². The van der Waals surface area contributed by atoms with Crippen molar-refractivity contribution >= 4 is 5.69 Å². The Kier molecular flexibility index (Phi) is 3.77. The Morgan fingerprint density at radius 1 is 1.05 bits per heavy atom. The minimum atomic E-state index is 0.706. The van der Waals surface area contributed by atoms with Crippen LogP contribution in [0, 0.1) is 12.8 Å². The smallest absolute Gasteiger partial charge is 0.0373 e. The topological polar surface area (TPSA) is 12.0 Å². The quantitative estimate of drug-likeness (QED) is 0.868. The van der Waals surface area contributed by atoms with Gasteiger partial charge in [-0.05, 0) is 54.9 Å². The molecule has 104 valence electrons. The standard InChI is InChI=1S/C19H23N/c1-3-15-8-9-19-18(11-15)12-17(13-20-19)10-16-6-4-14(2)5-7-16/h4-9,11,17,20H,3,10,12-13H2,1-2H3. The summed E-state index contributed by atoms with van der Waals surface area (Å²) in [7, 11) is 0. The van der Waals surface area contributed by atoms with Crippen molar-refractivity contribution in [2.24, 2.45) is 5.92 Å².